The molecule has 0 saturated carbocycles. The van der Waals surface area contributed by atoms with Gasteiger partial charge in [-0.25, -0.2) is 0 Å². The number of carbonyl (C=O) groups excluding carboxylic acids is 1. The largest absolute Gasteiger partial charge is 0.416 e. The lowest BCUT2D eigenvalue weighted by atomic mass is 9.99. The van der Waals surface area contributed by atoms with Gasteiger partial charge >= 0.3 is 6.18 Å². The van der Waals surface area contributed by atoms with Gasteiger partial charge in [-0.3, -0.25) is 9.59 Å². The molecule has 4 nitrogen and oxygen atoms in total. The number of benzene rings is 3. The van der Waals surface area contributed by atoms with Crippen LogP contribution < -0.4 is 10.3 Å². The predicted molar refractivity (Wildman–Crippen MR) is 118 cm³/mol. The topological polar surface area (TPSA) is 42.3 Å². The monoisotopic (exact) mass is 436 g/mol. The molecule has 0 fully saturated rings. The Morgan fingerprint density at radius 1 is 0.906 bits per heavy atom. The maximum atomic E-state index is 13.4. The summed E-state index contributed by atoms with van der Waals surface area (Å²) in [6.07, 6.45) is -3.34. The van der Waals surface area contributed by atoms with E-state index in [0.717, 1.165) is 12.1 Å². The third kappa shape index (κ3) is 3.34. The molecule has 2 heterocycles. The first kappa shape index (κ1) is 20.3. The first-order valence-corrected chi connectivity index (χ1v) is 10.4. The molecule has 5 rings (SSSR count). The van der Waals surface area contributed by atoms with Crippen molar-refractivity contribution in [3.05, 3.63) is 88.1 Å². The van der Waals surface area contributed by atoms with E-state index in [2.05, 4.69) is 0 Å². The van der Waals surface area contributed by atoms with Crippen molar-refractivity contribution >= 4 is 33.4 Å². The Kier molecular flexibility index (Phi) is 4.77. The van der Waals surface area contributed by atoms with Gasteiger partial charge in [0.25, 0.3) is 0 Å². The molecule has 1 aliphatic heterocycles. The lowest BCUT2D eigenvalue weighted by Crippen LogP contribution is -2.38. The number of hydrogen-bond donors (Lipinski definition) is 0. The van der Waals surface area contributed by atoms with Crippen molar-refractivity contribution in [2.24, 2.45) is 0 Å². The van der Waals surface area contributed by atoms with E-state index in [4.69, 9.17) is 0 Å². The number of pyridine rings is 1. The third-order valence-electron chi connectivity index (χ3n) is 6.00. The van der Waals surface area contributed by atoms with E-state index in [9.17, 15) is 22.8 Å². The SMILES string of the molecule is O=C(Cn1c2ccccc2c(=O)c2ccccc21)N1CCCc2cc(C(F)(F)F)ccc21. The number of para-hydroxylation sites is 2. The fraction of sp³-hybridized carbons (Fsp3) is 0.200. The number of nitrogens with zero attached hydrogens (tertiary/aromatic N) is 2. The molecule has 0 saturated heterocycles. The standard InChI is InChI=1S/C25H19F3N2O2/c26-25(27,28)17-11-12-20-16(14-17)6-5-13-29(20)23(31)15-30-21-9-3-1-7-18(21)24(32)19-8-2-4-10-22(19)30/h1-4,7-12,14H,5-6,13,15H2. The van der Waals surface area contributed by atoms with Crippen LogP contribution in [0.4, 0.5) is 18.9 Å². The summed E-state index contributed by atoms with van der Waals surface area (Å²) in [7, 11) is 0. The van der Waals surface area contributed by atoms with Crippen LogP contribution in [-0.2, 0) is 23.9 Å². The fourth-order valence-corrected chi connectivity index (χ4v) is 4.50. The molecule has 4 aromatic rings. The highest BCUT2D eigenvalue weighted by atomic mass is 19.4. The number of aryl methyl sites for hydroxylation is 1. The first-order valence-electron chi connectivity index (χ1n) is 10.4. The molecule has 1 aromatic heterocycles. The number of amides is 1. The zero-order valence-corrected chi connectivity index (χ0v) is 17.0. The van der Waals surface area contributed by atoms with E-state index >= 15 is 0 Å². The highest BCUT2D eigenvalue weighted by Crippen LogP contribution is 2.35. The maximum absolute atomic E-state index is 13.4. The highest BCUT2D eigenvalue weighted by Gasteiger charge is 2.32. The Hall–Kier alpha value is -3.61. The van der Waals surface area contributed by atoms with Crippen LogP contribution in [0.15, 0.2) is 71.5 Å². The molecule has 0 unspecified atom stereocenters. The number of rotatable bonds is 2. The molecule has 0 radical (unpaired) electrons. The minimum Gasteiger partial charge on any atom is -0.331 e. The second-order valence-corrected chi connectivity index (χ2v) is 7.94. The number of halogens is 3. The highest BCUT2D eigenvalue weighted by molar-refractivity contribution is 5.98. The molecule has 3 aromatic carbocycles. The molecule has 0 aliphatic carbocycles. The third-order valence-corrected chi connectivity index (χ3v) is 6.00. The van der Waals surface area contributed by atoms with Crippen molar-refractivity contribution in [1.29, 1.82) is 0 Å². The number of fused-ring (bicyclic) bond motifs is 3. The number of aromatic nitrogens is 1. The van der Waals surface area contributed by atoms with Gasteiger partial charge in [-0.05, 0) is 60.9 Å². The maximum Gasteiger partial charge on any atom is 0.416 e. The molecule has 0 bridgehead atoms. The summed E-state index contributed by atoms with van der Waals surface area (Å²) in [6, 6.07) is 17.8. The van der Waals surface area contributed by atoms with Gasteiger partial charge < -0.3 is 9.47 Å². The van der Waals surface area contributed by atoms with Crippen LogP contribution in [0.1, 0.15) is 17.5 Å². The number of anilines is 1. The lowest BCUT2D eigenvalue weighted by molar-refractivity contribution is -0.137. The molecular weight excluding hydrogens is 417 g/mol. The predicted octanol–water partition coefficient (Wildman–Crippen LogP) is 5.15. The summed E-state index contributed by atoms with van der Waals surface area (Å²) in [5.74, 6) is -0.232. The molecule has 162 valence electrons. The summed E-state index contributed by atoms with van der Waals surface area (Å²) in [6.45, 7) is 0.412. The number of carbonyl (C=O) groups is 1. The van der Waals surface area contributed by atoms with Gasteiger partial charge in [-0.2, -0.15) is 13.2 Å². The van der Waals surface area contributed by atoms with E-state index in [1.165, 1.54) is 6.07 Å². The summed E-state index contributed by atoms with van der Waals surface area (Å²) in [4.78, 5) is 27.8. The zero-order chi connectivity index (χ0) is 22.5. The summed E-state index contributed by atoms with van der Waals surface area (Å²) in [5, 5.41) is 1.04. The van der Waals surface area contributed by atoms with Crippen LogP contribution in [0.25, 0.3) is 21.8 Å². The van der Waals surface area contributed by atoms with E-state index in [-0.39, 0.29) is 17.9 Å². The Morgan fingerprint density at radius 2 is 1.53 bits per heavy atom. The number of hydrogen-bond acceptors (Lipinski definition) is 2. The average molecular weight is 436 g/mol. The van der Waals surface area contributed by atoms with Crippen LogP contribution in [-0.4, -0.2) is 17.0 Å². The van der Waals surface area contributed by atoms with Crippen LogP contribution in [0, 0.1) is 0 Å². The van der Waals surface area contributed by atoms with E-state index in [1.54, 1.807) is 41.3 Å². The van der Waals surface area contributed by atoms with Gasteiger partial charge in [-0.15, -0.1) is 0 Å². The van der Waals surface area contributed by atoms with Crippen molar-refractivity contribution in [1.82, 2.24) is 4.57 Å². The Balaban J connectivity index is 1.58. The van der Waals surface area contributed by atoms with Gasteiger partial charge in [0.1, 0.15) is 6.54 Å². The van der Waals surface area contributed by atoms with E-state index < -0.39 is 11.7 Å². The number of alkyl halides is 3. The first-order chi connectivity index (χ1) is 15.3. The zero-order valence-electron chi connectivity index (χ0n) is 17.0. The minimum absolute atomic E-state index is 0.0260. The molecule has 32 heavy (non-hydrogen) atoms. The lowest BCUT2D eigenvalue weighted by Gasteiger charge is -2.31. The van der Waals surface area contributed by atoms with Crippen LogP contribution >= 0.6 is 0 Å². The van der Waals surface area contributed by atoms with E-state index in [1.807, 2.05) is 16.7 Å². The van der Waals surface area contributed by atoms with Crippen molar-refractivity contribution in [3.8, 4) is 0 Å². The van der Waals surface area contributed by atoms with E-state index in [0.29, 0.717) is 52.4 Å². The van der Waals surface area contributed by atoms with Crippen LogP contribution in [0.3, 0.4) is 0 Å². The second kappa shape index (κ2) is 7.51. The van der Waals surface area contributed by atoms with Crippen molar-refractivity contribution in [2.75, 3.05) is 11.4 Å². The Morgan fingerprint density at radius 3 is 2.16 bits per heavy atom. The van der Waals surface area contributed by atoms with Crippen molar-refractivity contribution < 1.29 is 18.0 Å². The Bertz CT molecular complexity index is 1360. The summed E-state index contributed by atoms with van der Waals surface area (Å²) < 4.78 is 41.2. The normalized spacial score (nSPS) is 14.0. The van der Waals surface area contributed by atoms with Gasteiger partial charge in [-0.1, -0.05) is 24.3 Å². The van der Waals surface area contributed by atoms with Gasteiger partial charge in [0.15, 0.2) is 5.43 Å². The van der Waals surface area contributed by atoms with Gasteiger partial charge in [0.05, 0.1) is 16.6 Å². The van der Waals surface area contributed by atoms with Crippen molar-refractivity contribution in [3.63, 3.8) is 0 Å². The molecular formula is C25H19F3N2O2. The van der Waals surface area contributed by atoms with Crippen LogP contribution in [0.5, 0.6) is 0 Å². The van der Waals surface area contributed by atoms with Gasteiger partial charge in [0, 0.05) is 23.0 Å². The smallest absolute Gasteiger partial charge is 0.331 e. The molecule has 0 N–H and O–H groups in total. The average Bonchev–Trinajstić information content (AvgIpc) is 2.80. The fourth-order valence-electron chi connectivity index (χ4n) is 4.50. The summed E-state index contributed by atoms with van der Waals surface area (Å²) >= 11 is 0. The summed E-state index contributed by atoms with van der Waals surface area (Å²) in [5.41, 5.74) is 1.53. The van der Waals surface area contributed by atoms with Crippen LogP contribution in [0.2, 0.25) is 0 Å². The molecule has 7 heteroatoms. The molecule has 0 atom stereocenters. The van der Waals surface area contributed by atoms with Crippen molar-refractivity contribution in [2.45, 2.75) is 25.6 Å². The second-order valence-electron chi connectivity index (χ2n) is 7.94. The molecule has 1 aliphatic rings. The minimum atomic E-state index is -4.42. The van der Waals surface area contributed by atoms with Gasteiger partial charge in [0.2, 0.25) is 5.91 Å². The molecule has 1 amide bonds. The quantitative estimate of drug-likeness (QED) is 0.408. The Labute approximate surface area is 181 Å². The molecule has 0 spiro atoms.